The molecular weight excluding hydrogens is 456 g/mol. The van der Waals surface area contributed by atoms with Gasteiger partial charge in [0.15, 0.2) is 0 Å². The number of urea groups is 1. The number of ether oxygens (including phenoxy) is 1. The summed E-state index contributed by atoms with van der Waals surface area (Å²) >= 11 is 0. The number of aromatic nitrogens is 2. The van der Waals surface area contributed by atoms with Gasteiger partial charge in [0.25, 0.3) is 0 Å². The third-order valence-corrected chi connectivity index (χ3v) is 5.88. The van der Waals surface area contributed by atoms with Gasteiger partial charge < -0.3 is 15.0 Å². The van der Waals surface area contributed by atoms with E-state index in [4.69, 9.17) is 4.74 Å². The van der Waals surface area contributed by atoms with Gasteiger partial charge in [0.2, 0.25) is 0 Å². The molecule has 1 aromatic carbocycles. The maximum Gasteiger partial charge on any atom is 0.410 e. The monoisotopic (exact) mass is 498 g/mol. The van der Waals surface area contributed by atoms with Gasteiger partial charge in [-0.25, -0.2) is 14.3 Å². The van der Waals surface area contributed by atoms with E-state index in [2.05, 4.69) is 41.4 Å². The molecule has 3 rings (SSSR count). The lowest BCUT2D eigenvalue weighted by atomic mass is 9.92. The van der Waals surface area contributed by atoms with Crippen molar-refractivity contribution in [1.82, 2.24) is 19.6 Å². The summed E-state index contributed by atoms with van der Waals surface area (Å²) < 4.78 is 7.31. The smallest absolute Gasteiger partial charge is 0.410 e. The largest absolute Gasteiger partial charge is 0.444 e. The second-order valence-corrected chi connectivity index (χ2v) is 11.7. The van der Waals surface area contributed by atoms with Crippen molar-refractivity contribution < 1.29 is 14.3 Å². The predicted molar refractivity (Wildman–Crippen MR) is 143 cm³/mol. The van der Waals surface area contributed by atoms with Gasteiger partial charge in [0.05, 0.1) is 5.69 Å². The van der Waals surface area contributed by atoms with E-state index in [-0.39, 0.29) is 23.6 Å². The molecule has 2 aromatic rings. The molecule has 1 aromatic heterocycles. The number of carbonyl (C=O) groups excluding carboxylic acids is 2. The van der Waals surface area contributed by atoms with Crippen molar-refractivity contribution in [2.75, 3.05) is 36.8 Å². The number of hydrogen-bond donors (Lipinski definition) is 2. The maximum absolute atomic E-state index is 12.7. The van der Waals surface area contributed by atoms with Crippen LogP contribution >= 0.6 is 0 Å². The molecule has 0 radical (unpaired) electrons. The van der Waals surface area contributed by atoms with Crippen LogP contribution in [0.2, 0.25) is 0 Å². The highest BCUT2D eigenvalue weighted by atomic mass is 16.6. The van der Waals surface area contributed by atoms with E-state index < -0.39 is 5.60 Å². The Bertz CT molecular complexity index is 1040. The number of hydrogen-bond acceptors (Lipinski definition) is 5. The number of amides is 3. The minimum atomic E-state index is -0.480. The number of benzene rings is 1. The highest BCUT2D eigenvalue weighted by Gasteiger charge is 2.26. The molecule has 0 saturated carbocycles. The molecule has 0 bridgehead atoms. The molecule has 0 aliphatic carbocycles. The molecule has 1 fully saturated rings. The van der Waals surface area contributed by atoms with Crippen molar-refractivity contribution in [3.05, 3.63) is 41.6 Å². The van der Waals surface area contributed by atoms with Crippen molar-refractivity contribution in [3.63, 3.8) is 0 Å². The van der Waals surface area contributed by atoms with Crippen LogP contribution in [0.3, 0.4) is 0 Å². The van der Waals surface area contributed by atoms with E-state index in [1.54, 1.807) is 4.90 Å². The fourth-order valence-corrected chi connectivity index (χ4v) is 3.89. The zero-order chi connectivity index (χ0) is 26.7. The Morgan fingerprint density at radius 1 is 0.972 bits per heavy atom. The van der Waals surface area contributed by atoms with Gasteiger partial charge in [-0.05, 0) is 52.3 Å². The second kappa shape index (κ2) is 10.9. The first-order chi connectivity index (χ1) is 16.7. The third-order valence-electron chi connectivity index (χ3n) is 5.88. The van der Waals surface area contributed by atoms with E-state index in [0.717, 1.165) is 36.6 Å². The van der Waals surface area contributed by atoms with E-state index in [9.17, 15) is 9.59 Å². The molecule has 198 valence electrons. The number of carbonyl (C=O) groups is 2. The van der Waals surface area contributed by atoms with Gasteiger partial charge in [0, 0.05) is 55.9 Å². The average molecular weight is 499 g/mol. The molecule has 9 nitrogen and oxygen atoms in total. The molecule has 1 saturated heterocycles. The number of piperazine rings is 1. The Kier molecular flexibility index (Phi) is 8.33. The molecule has 3 amide bonds. The van der Waals surface area contributed by atoms with Crippen LogP contribution in [-0.2, 0) is 16.7 Å². The SMILES string of the molecule is CC(C)n1nc(C(C)(C)C)cc1NC(=O)Nc1ccc(CN2CCN(C(=O)OC(C)(C)C)CC2)cc1. The molecule has 0 unspecified atom stereocenters. The lowest BCUT2D eigenvalue weighted by Gasteiger charge is -2.35. The van der Waals surface area contributed by atoms with Gasteiger partial charge in [0.1, 0.15) is 11.4 Å². The van der Waals surface area contributed by atoms with Gasteiger partial charge in [-0.3, -0.25) is 10.2 Å². The van der Waals surface area contributed by atoms with E-state index in [1.807, 2.05) is 69.6 Å². The van der Waals surface area contributed by atoms with Crippen molar-refractivity contribution in [3.8, 4) is 0 Å². The van der Waals surface area contributed by atoms with Crippen molar-refractivity contribution >= 4 is 23.6 Å². The van der Waals surface area contributed by atoms with Crippen LogP contribution in [0.25, 0.3) is 0 Å². The highest BCUT2D eigenvalue weighted by Crippen LogP contribution is 2.26. The summed E-state index contributed by atoms with van der Waals surface area (Å²) in [5.41, 5.74) is 2.22. The fraction of sp³-hybridized carbons (Fsp3) is 0.593. The second-order valence-electron chi connectivity index (χ2n) is 11.7. The Balaban J connectivity index is 1.51. The molecule has 2 heterocycles. The summed E-state index contributed by atoms with van der Waals surface area (Å²) in [6.45, 7) is 19.7. The molecule has 1 aliphatic rings. The van der Waals surface area contributed by atoms with Crippen LogP contribution in [0.1, 0.15) is 72.7 Å². The molecule has 1 aliphatic heterocycles. The number of anilines is 2. The van der Waals surface area contributed by atoms with Crippen LogP contribution in [0, 0.1) is 0 Å². The molecule has 9 heteroatoms. The third kappa shape index (κ3) is 7.71. The van der Waals surface area contributed by atoms with Gasteiger partial charge in [-0.1, -0.05) is 32.9 Å². The summed E-state index contributed by atoms with van der Waals surface area (Å²) in [4.78, 5) is 29.0. The van der Waals surface area contributed by atoms with Crippen LogP contribution in [0.15, 0.2) is 30.3 Å². The normalized spacial score (nSPS) is 15.2. The first-order valence-electron chi connectivity index (χ1n) is 12.7. The summed E-state index contributed by atoms with van der Waals surface area (Å²) in [6, 6.07) is 9.62. The Labute approximate surface area is 215 Å². The molecule has 2 N–H and O–H groups in total. The number of nitrogens with zero attached hydrogens (tertiary/aromatic N) is 4. The van der Waals surface area contributed by atoms with Crippen molar-refractivity contribution in [1.29, 1.82) is 0 Å². The summed E-state index contributed by atoms with van der Waals surface area (Å²) in [6.07, 6.45) is -0.248. The Morgan fingerprint density at radius 3 is 2.11 bits per heavy atom. The summed E-state index contributed by atoms with van der Waals surface area (Å²) in [7, 11) is 0. The van der Waals surface area contributed by atoms with Gasteiger partial charge >= 0.3 is 12.1 Å². The van der Waals surface area contributed by atoms with E-state index >= 15 is 0 Å². The van der Waals surface area contributed by atoms with E-state index in [1.165, 1.54) is 0 Å². The Hall–Kier alpha value is -3.07. The molecule has 36 heavy (non-hydrogen) atoms. The quantitative estimate of drug-likeness (QED) is 0.571. The number of nitrogens with one attached hydrogen (secondary N) is 2. The zero-order valence-corrected chi connectivity index (χ0v) is 23.0. The topological polar surface area (TPSA) is 91.7 Å². The van der Waals surface area contributed by atoms with Crippen LogP contribution in [0.4, 0.5) is 21.1 Å². The summed E-state index contributed by atoms with van der Waals surface area (Å²) in [5, 5.41) is 10.5. The molecular formula is C27H42N6O3. The number of rotatable bonds is 5. The minimum absolute atomic E-state index is 0.106. The first-order valence-corrected chi connectivity index (χ1v) is 12.7. The van der Waals surface area contributed by atoms with Crippen molar-refractivity contribution in [2.24, 2.45) is 0 Å². The van der Waals surface area contributed by atoms with Crippen LogP contribution < -0.4 is 10.6 Å². The highest BCUT2D eigenvalue weighted by molar-refractivity contribution is 5.99. The van der Waals surface area contributed by atoms with Gasteiger partial charge in [-0.15, -0.1) is 0 Å². The fourth-order valence-electron chi connectivity index (χ4n) is 3.89. The summed E-state index contributed by atoms with van der Waals surface area (Å²) in [5.74, 6) is 0.676. The minimum Gasteiger partial charge on any atom is -0.444 e. The first kappa shape index (κ1) is 27.5. The van der Waals surface area contributed by atoms with Crippen LogP contribution in [0.5, 0.6) is 0 Å². The van der Waals surface area contributed by atoms with E-state index in [0.29, 0.717) is 18.9 Å². The lowest BCUT2D eigenvalue weighted by Crippen LogP contribution is -2.49. The predicted octanol–water partition coefficient (Wildman–Crippen LogP) is 5.46. The molecule has 0 spiro atoms. The standard InChI is InChI=1S/C27H42N6O3/c1-19(2)33-23(17-22(30-33)26(3,4)5)29-24(34)28-21-11-9-20(10-12-21)18-31-13-15-32(16-14-31)25(35)36-27(6,7)8/h9-12,17,19H,13-16,18H2,1-8H3,(H2,28,29,34). The zero-order valence-electron chi connectivity index (χ0n) is 23.0. The lowest BCUT2D eigenvalue weighted by molar-refractivity contribution is 0.0139. The maximum atomic E-state index is 12.7. The van der Waals surface area contributed by atoms with Gasteiger partial charge in [-0.2, -0.15) is 5.10 Å². The van der Waals surface area contributed by atoms with Crippen LogP contribution in [-0.4, -0.2) is 63.5 Å². The molecule has 0 atom stereocenters. The Morgan fingerprint density at radius 2 is 1.58 bits per heavy atom. The average Bonchev–Trinajstić information content (AvgIpc) is 3.19. The van der Waals surface area contributed by atoms with Crippen molar-refractivity contribution in [2.45, 2.75) is 79.0 Å².